The summed E-state index contributed by atoms with van der Waals surface area (Å²) in [4.78, 5) is 32.8. The fourth-order valence-electron chi connectivity index (χ4n) is 6.23. The number of hydrogen-bond acceptors (Lipinski definition) is 8. The maximum absolute atomic E-state index is 13.8. The van der Waals surface area contributed by atoms with Gasteiger partial charge in [0.05, 0.1) is 25.7 Å². The van der Waals surface area contributed by atoms with Crippen LogP contribution in [0.4, 0.5) is 0 Å². The van der Waals surface area contributed by atoms with Crippen molar-refractivity contribution in [2.75, 3.05) is 66.8 Å². The van der Waals surface area contributed by atoms with Gasteiger partial charge in [0.1, 0.15) is 0 Å². The molecule has 4 rings (SSSR count). The Morgan fingerprint density at radius 3 is 2.42 bits per heavy atom. The number of benzene rings is 1. The lowest BCUT2D eigenvalue weighted by Gasteiger charge is -2.37. The summed E-state index contributed by atoms with van der Waals surface area (Å²) in [5.41, 5.74) is 0.449. The number of fused-ring (bicyclic) bond motifs is 1. The van der Waals surface area contributed by atoms with Crippen molar-refractivity contribution in [2.24, 2.45) is 11.3 Å². The van der Waals surface area contributed by atoms with Gasteiger partial charge in [0.25, 0.3) is 0 Å². The molecule has 0 aromatic heterocycles. The molecular formula is C30H47N3O7. The summed E-state index contributed by atoms with van der Waals surface area (Å²) < 4.78 is 22.8. The van der Waals surface area contributed by atoms with Gasteiger partial charge in [0.15, 0.2) is 17.8 Å². The minimum Gasteiger partial charge on any atom is -0.481 e. The first-order valence-corrected chi connectivity index (χ1v) is 14.6. The number of carbonyl (C=O) groups is 2. The SMILES string of the molecule is CCCCN(CCCN(C)C)C(=O)CN1C[C@H](c2ccc3c(c2)OCO3)[C@@H](C(=O)O)[C@@H]1CC(C)(C)C1OCCO1. The van der Waals surface area contributed by atoms with Crippen LogP contribution in [0.15, 0.2) is 18.2 Å². The highest BCUT2D eigenvalue weighted by molar-refractivity contribution is 5.79. The first-order valence-electron chi connectivity index (χ1n) is 14.6. The molecule has 1 aromatic rings. The van der Waals surface area contributed by atoms with E-state index in [1.165, 1.54) is 0 Å². The number of amides is 1. The predicted octanol–water partition coefficient (Wildman–Crippen LogP) is 3.25. The van der Waals surface area contributed by atoms with Crippen molar-refractivity contribution in [1.29, 1.82) is 0 Å². The van der Waals surface area contributed by atoms with Crippen LogP contribution in [0, 0.1) is 11.3 Å². The second-order valence-corrected chi connectivity index (χ2v) is 12.2. The minimum absolute atomic E-state index is 0.0545. The molecule has 3 atom stereocenters. The van der Waals surface area contributed by atoms with Crippen LogP contribution in [0.5, 0.6) is 11.5 Å². The van der Waals surface area contributed by atoms with Crippen LogP contribution in [0.2, 0.25) is 0 Å². The van der Waals surface area contributed by atoms with Gasteiger partial charge in [-0.15, -0.1) is 0 Å². The number of carboxylic acids is 1. The van der Waals surface area contributed by atoms with Crippen molar-refractivity contribution in [3.8, 4) is 11.5 Å². The number of rotatable bonds is 14. The highest BCUT2D eigenvalue weighted by Gasteiger charge is 2.50. The smallest absolute Gasteiger partial charge is 0.308 e. The van der Waals surface area contributed by atoms with E-state index in [1.807, 2.05) is 37.2 Å². The van der Waals surface area contributed by atoms with E-state index < -0.39 is 23.6 Å². The molecule has 1 aromatic carbocycles. The van der Waals surface area contributed by atoms with Gasteiger partial charge in [-0.2, -0.15) is 0 Å². The van der Waals surface area contributed by atoms with E-state index in [1.54, 1.807) is 0 Å². The van der Waals surface area contributed by atoms with E-state index in [0.29, 0.717) is 50.8 Å². The van der Waals surface area contributed by atoms with E-state index in [0.717, 1.165) is 31.4 Å². The Labute approximate surface area is 238 Å². The first-order chi connectivity index (χ1) is 19.1. The average molecular weight is 562 g/mol. The molecule has 2 fully saturated rings. The summed E-state index contributed by atoms with van der Waals surface area (Å²) in [6, 6.07) is 5.31. The molecule has 0 saturated carbocycles. The van der Waals surface area contributed by atoms with E-state index in [4.69, 9.17) is 18.9 Å². The molecule has 10 heteroatoms. The fourth-order valence-corrected chi connectivity index (χ4v) is 6.23. The Morgan fingerprint density at radius 2 is 1.75 bits per heavy atom. The van der Waals surface area contributed by atoms with Gasteiger partial charge in [-0.25, -0.2) is 0 Å². The van der Waals surface area contributed by atoms with Crippen molar-refractivity contribution in [3.63, 3.8) is 0 Å². The molecule has 40 heavy (non-hydrogen) atoms. The summed E-state index contributed by atoms with van der Waals surface area (Å²) >= 11 is 0. The third-order valence-electron chi connectivity index (χ3n) is 8.36. The van der Waals surface area contributed by atoms with E-state index in [2.05, 4.69) is 30.6 Å². The molecule has 10 nitrogen and oxygen atoms in total. The van der Waals surface area contributed by atoms with Gasteiger partial charge in [-0.3, -0.25) is 14.5 Å². The third kappa shape index (κ3) is 7.26. The largest absolute Gasteiger partial charge is 0.481 e. The molecular weight excluding hydrogens is 514 g/mol. The normalized spacial score (nSPS) is 23.3. The summed E-state index contributed by atoms with van der Waals surface area (Å²) in [5.74, 6) is -0.513. The molecule has 0 unspecified atom stereocenters. The molecule has 3 aliphatic rings. The number of aliphatic carboxylic acids is 1. The van der Waals surface area contributed by atoms with Crippen molar-refractivity contribution >= 4 is 11.9 Å². The molecule has 3 heterocycles. The van der Waals surface area contributed by atoms with Gasteiger partial charge >= 0.3 is 5.97 Å². The van der Waals surface area contributed by atoms with E-state index >= 15 is 0 Å². The van der Waals surface area contributed by atoms with Crippen LogP contribution in [0.1, 0.15) is 57.9 Å². The second-order valence-electron chi connectivity index (χ2n) is 12.2. The predicted molar refractivity (Wildman–Crippen MR) is 151 cm³/mol. The molecule has 1 amide bonds. The number of unbranched alkanes of at least 4 members (excludes halogenated alkanes) is 1. The molecule has 3 aliphatic heterocycles. The Bertz CT molecular complexity index is 1010. The van der Waals surface area contributed by atoms with Gasteiger partial charge in [-0.1, -0.05) is 33.3 Å². The summed E-state index contributed by atoms with van der Waals surface area (Å²) in [5, 5.41) is 10.6. The Morgan fingerprint density at radius 1 is 1.05 bits per heavy atom. The zero-order chi connectivity index (χ0) is 28.9. The molecule has 0 bridgehead atoms. The number of carbonyl (C=O) groups excluding carboxylic acids is 1. The lowest BCUT2D eigenvalue weighted by Crippen LogP contribution is -2.47. The van der Waals surface area contributed by atoms with Crippen LogP contribution < -0.4 is 9.47 Å². The van der Waals surface area contributed by atoms with Crippen LogP contribution in [-0.4, -0.2) is 111 Å². The van der Waals surface area contributed by atoms with Crippen LogP contribution in [0.25, 0.3) is 0 Å². The second kappa shape index (κ2) is 13.5. The lowest BCUT2D eigenvalue weighted by atomic mass is 9.77. The lowest BCUT2D eigenvalue weighted by molar-refractivity contribution is -0.148. The Balaban J connectivity index is 1.60. The van der Waals surface area contributed by atoms with Crippen molar-refractivity contribution in [2.45, 2.75) is 64.7 Å². The summed E-state index contributed by atoms with van der Waals surface area (Å²) in [6.07, 6.45) is 2.96. The highest BCUT2D eigenvalue weighted by atomic mass is 16.7. The van der Waals surface area contributed by atoms with Crippen LogP contribution in [-0.2, 0) is 19.1 Å². The molecule has 2 saturated heterocycles. The highest BCUT2D eigenvalue weighted by Crippen LogP contribution is 2.46. The van der Waals surface area contributed by atoms with Crippen molar-refractivity contribution < 1.29 is 33.6 Å². The Hall–Kier alpha value is -2.40. The molecule has 0 spiro atoms. The van der Waals surface area contributed by atoms with Gasteiger partial charge in [0, 0.05) is 37.0 Å². The maximum Gasteiger partial charge on any atom is 0.308 e. The van der Waals surface area contributed by atoms with Crippen molar-refractivity contribution in [1.82, 2.24) is 14.7 Å². The maximum atomic E-state index is 13.8. The number of carboxylic acid groups (broad SMARTS) is 1. The van der Waals surface area contributed by atoms with Crippen LogP contribution >= 0.6 is 0 Å². The third-order valence-corrected chi connectivity index (χ3v) is 8.36. The molecule has 1 N–H and O–H groups in total. The van der Waals surface area contributed by atoms with E-state index in [9.17, 15) is 14.7 Å². The van der Waals surface area contributed by atoms with Gasteiger partial charge < -0.3 is 33.9 Å². The number of hydrogen-bond donors (Lipinski definition) is 1. The summed E-state index contributed by atoms with van der Waals surface area (Å²) in [7, 11) is 4.07. The van der Waals surface area contributed by atoms with E-state index in [-0.39, 0.29) is 31.2 Å². The first kappa shape index (κ1) is 30.6. The van der Waals surface area contributed by atoms with Gasteiger partial charge in [-0.05, 0) is 57.6 Å². The van der Waals surface area contributed by atoms with Crippen LogP contribution in [0.3, 0.4) is 0 Å². The number of likely N-dealkylation sites (tertiary alicyclic amines) is 1. The molecule has 224 valence electrons. The topological polar surface area (TPSA) is 101 Å². The zero-order valence-electron chi connectivity index (χ0n) is 24.8. The number of nitrogens with zero attached hydrogens (tertiary/aromatic N) is 3. The molecule has 0 radical (unpaired) electrons. The monoisotopic (exact) mass is 561 g/mol. The van der Waals surface area contributed by atoms with Gasteiger partial charge in [0.2, 0.25) is 12.7 Å². The Kier molecular flexibility index (Phi) is 10.3. The summed E-state index contributed by atoms with van der Waals surface area (Å²) in [6.45, 7) is 10.4. The average Bonchev–Trinajstić information content (AvgIpc) is 3.66. The molecule has 0 aliphatic carbocycles. The standard InChI is InChI=1S/C30H47N3O7/c1-6-7-12-32(13-8-11-31(4)5)26(34)19-33-18-22(21-9-10-24-25(16-21)40-20-39-24)27(28(35)36)23(33)17-30(2,3)29-37-14-15-38-29/h9-10,16,22-23,27,29H,6-8,11-15,17-20H2,1-5H3,(H,35,36)/t22-,23+,27-/m1/s1. The minimum atomic E-state index is -0.861. The number of ether oxygens (including phenoxy) is 4. The quantitative estimate of drug-likeness (QED) is 0.367. The van der Waals surface area contributed by atoms with Crippen molar-refractivity contribution in [3.05, 3.63) is 23.8 Å². The zero-order valence-corrected chi connectivity index (χ0v) is 24.8. The fraction of sp³-hybridized carbons (Fsp3) is 0.733.